The maximum Gasteiger partial charge on any atom is 0.216 e. The molecule has 0 spiro atoms. The molecular formula is C21H16N6O. The van der Waals surface area contributed by atoms with Crippen molar-refractivity contribution in [1.29, 1.82) is 5.26 Å². The Morgan fingerprint density at radius 3 is 2.68 bits per heavy atom. The van der Waals surface area contributed by atoms with Gasteiger partial charge in [-0.2, -0.15) is 10.5 Å². The monoisotopic (exact) mass is 368 g/mol. The Morgan fingerprint density at radius 2 is 1.89 bits per heavy atom. The number of nitrogens with zero attached hydrogens (tertiary/aromatic N) is 4. The number of rotatable bonds is 5. The molecule has 0 aliphatic rings. The predicted octanol–water partition coefficient (Wildman–Crippen LogP) is 4.01. The van der Waals surface area contributed by atoms with Gasteiger partial charge in [0.2, 0.25) is 5.82 Å². The SMILES string of the molecule is COc1ccc2cc(-c3cccc(NC=C(C#N)c4nn[nH]n4)c3)ccc2c1. The fourth-order valence-electron chi connectivity index (χ4n) is 2.90. The van der Waals surface area contributed by atoms with Gasteiger partial charge < -0.3 is 10.1 Å². The lowest BCUT2D eigenvalue weighted by atomic mass is 10.0. The third kappa shape index (κ3) is 3.52. The van der Waals surface area contributed by atoms with Crippen molar-refractivity contribution in [3.63, 3.8) is 0 Å². The number of hydrogen-bond donors (Lipinski definition) is 2. The lowest BCUT2D eigenvalue weighted by Crippen LogP contribution is -1.93. The van der Waals surface area contributed by atoms with Crippen LogP contribution < -0.4 is 10.1 Å². The van der Waals surface area contributed by atoms with Crippen LogP contribution in [0.2, 0.25) is 0 Å². The van der Waals surface area contributed by atoms with Crippen LogP contribution in [0.1, 0.15) is 5.82 Å². The fourth-order valence-corrected chi connectivity index (χ4v) is 2.90. The molecule has 0 radical (unpaired) electrons. The van der Waals surface area contributed by atoms with E-state index in [-0.39, 0.29) is 5.82 Å². The van der Waals surface area contributed by atoms with Crippen LogP contribution in [0.3, 0.4) is 0 Å². The minimum atomic E-state index is 0.246. The summed E-state index contributed by atoms with van der Waals surface area (Å²) in [5.74, 6) is 1.09. The molecule has 7 heteroatoms. The van der Waals surface area contributed by atoms with E-state index in [2.05, 4.69) is 50.2 Å². The molecule has 0 atom stereocenters. The third-order valence-corrected chi connectivity index (χ3v) is 4.33. The van der Waals surface area contributed by atoms with Crippen molar-refractivity contribution in [2.45, 2.75) is 0 Å². The summed E-state index contributed by atoms with van der Waals surface area (Å²) >= 11 is 0. The van der Waals surface area contributed by atoms with E-state index in [1.54, 1.807) is 13.3 Å². The highest BCUT2D eigenvalue weighted by Gasteiger charge is 2.06. The van der Waals surface area contributed by atoms with E-state index in [1.807, 2.05) is 42.5 Å². The molecule has 0 saturated carbocycles. The van der Waals surface area contributed by atoms with Gasteiger partial charge in [0.25, 0.3) is 0 Å². The summed E-state index contributed by atoms with van der Waals surface area (Å²) in [6.07, 6.45) is 1.57. The van der Waals surface area contributed by atoms with Crippen molar-refractivity contribution in [3.8, 4) is 22.9 Å². The predicted molar refractivity (Wildman–Crippen MR) is 107 cm³/mol. The molecular weight excluding hydrogens is 352 g/mol. The standard InChI is InChI=1S/C21H16N6O/c1-28-20-8-7-16-9-15(5-6-17(16)11-20)14-3-2-4-19(10-14)23-13-18(12-22)21-24-26-27-25-21/h2-11,13,23H,1H3,(H,24,25,26,27). The second kappa shape index (κ2) is 7.60. The summed E-state index contributed by atoms with van der Waals surface area (Å²) < 4.78 is 5.28. The first-order chi connectivity index (χ1) is 13.8. The number of aromatic amines is 1. The number of anilines is 1. The zero-order valence-electron chi connectivity index (χ0n) is 15.0. The Bertz CT molecular complexity index is 1190. The van der Waals surface area contributed by atoms with Gasteiger partial charge in [0.05, 0.1) is 7.11 Å². The molecule has 0 aliphatic carbocycles. The molecule has 1 aromatic heterocycles. The van der Waals surface area contributed by atoms with E-state index < -0.39 is 0 Å². The highest BCUT2D eigenvalue weighted by molar-refractivity contribution is 5.88. The lowest BCUT2D eigenvalue weighted by Gasteiger charge is -2.08. The molecule has 0 aliphatic heterocycles. The smallest absolute Gasteiger partial charge is 0.216 e. The van der Waals surface area contributed by atoms with E-state index in [9.17, 15) is 5.26 Å². The number of allylic oxidation sites excluding steroid dienone is 1. The quantitative estimate of drug-likeness (QED) is 0.517. The Morgan fingerprint density at radius 1 is 1.07 bits per heavy atom. The molecule has 4 aromatic rings. The molecule has 28 heavy (non-hydrogen) atoms. The first-order valence-electron chi connectivity index (χ1n) is 8.56. The normalized spacial score (nSPS) is 11.2. The number of benzene rings is 3. The average molecular weight is 368 g/mol. The molecule has 0 saturated heterocycles. The van der Waals surface area contributed by atoms with Gasteiger partial charge in [-0.1, -0.05) is 30.3 Å². The van der Waals surface area contributed by atoms with Crippen molar-refractivity contribution < 1.29 is 4.74 Å². The Labute approximate surface area is 161 Å². The van der Waals surface area contributed by atoms with Gasteiger partial charge in [-0.25, -0.2) is 0 Å². The van der Waals surface area contributed by atoms with Crippen LogP contribution in [-0.2, 0) is 0 Å². The molecule has 3 aromatic carbocycles. The summed E-state index contributed by atoms with van der Waals surface area (Å²) in [4.78, 5) is 0. The summed E-state index contributed by atoms with van der Waals surface area (Å²) in [5, 5.41) is 28.1. The van der Waals surface area contributed by atoms with Crippen LogP contribution in [0, 0.1) is 11.3 Å². The third-order valence-electron chi connectivity index (χ3n) is 4.33. The van der Waals surface area contributed by atoms with Gasteiger partial charge in [-0.15, -0.1) is 10.2 Å². The van der Waals surface area contributed by atoms with Gasteiger partial charge >= 0.3 is 0 Å². The summed E-state index contributed by atoms with van der Waals surface area (Å²) in [6, 6.07) is 22.3. The van der Waals surface area contributed by atoms with Crippen LogP contribution in [0.15, 0.2) is 66.9 Å². The number of aromatic nitrogens is 4. The molecule has 0 fully saturated rings. The molecule has 0 amide bonds. The summed E-state index contributed by atoms with van der Waals surface area (Å²) in [6.45, 7) is 0. The maximum atomic E-state index is 9.26. The molecule has 136 valence electrons. The zero-order valence-corrected chi connectivity index (χ0v) is 15.0. The fraction of sp³-hybridized carbons (Fsp3) is 0.0476. The van der Waals surface area contributed by atoms with Crippen LogP contribution >= 0.6 is 0 Å². The van der Waals surface area contributed by atoms with Gasteiger partial charge in [0, 0.05) is 11.9 Å². The van der Waals surface area contributed by atoms with Crippen molar-refractivity contribution in [3.05, 3.63) is 72.7 Å². The Hall–Kier alpha value is -4.18. The Kier molecular flexibility index (Phi) is 4.68. The minimum absolute atomic E-state index is 0.246. The highest BCUT2D eigenvalue weighted by atomic mass is 16.5. The molecule has 2 N–H and O–H groups in total. The largest absolute Gasteiger partial charge is 0.497 e. The summed E-state index contributed by atoms with van der Waals surface area (Å²) in [7, 11) is 1.67. The number of methoxy groups -OCH3 is 1. The van der Waals surface area contributed by atoms with E-state index in [1.165, 1.54) is 0 Å². The number of tetrazole rings is 1. The molecule has 0 bridgehead atoms. The topological polar surface area (TPSA) is 99.5 Å². The molecule has 7 nitrogen and oxygen atoms in total. The highest BCUT2D eigenvalue weighted by Crippen LogP contribution is 2.28. The van der Waals surface area contributed by atoms with Gasteiger partial charge in [-0.05, 0) is 57.4 Å². The maximum absolute atomic E-state index is 9.26. The van der Waals surface area contributed by atoms with Crippen LogP contribution in [0.4, 0.5) is 5.69 Å². The molecule has 0 unspecified atom stereocenters. The van der Waals surface area contributed by atoms with Gasteiger partial charge in [0.15, 0.2) is 0 Å². The Balaban J connectivity index is 1.62. The number of nitriles is 1. The van der Waals surface area contributed by atoms with Crippen molar-refractivity contribution in [2.75, 3.05) is 12.4 Å². The molecule has 1 heterocycles. The lowest BCUT2D eigenvalue weighted by molar-refractivity contribution is 0.415. The van der Waals surface area contributed by atoms with E-state index >= 15 is 0 Å². The first-order valence-corrected chi connectivity index (χ1v) is 8.56. The number of nitrogens with one attached hydrogen (secondary N) is 2. The second-order valence-corrected chi connectivity index (χ2v) is 6.06. The van der Waals surface area contributed by atoms with E-state index in [4.69, 9.17) is 4.74 Å². The van der Waals surface area contributed by atoms with Crippen molar-refractivity contribution >= 4 is 22.0 Å². The van der Waals surface area contributed by atoms with Crippen LogP contribution in [-0.4, -0.2) is 27.7 Å². The van der Waals surface area contributed by atoms with Gasteiger partial charge in [0.1, 0.15) is 17.4 Å². The zero-order chi connectivity index (χ0) is 19.3. The van der Waals surface area contributed by atoms with Gasteiger partial charge in [-0.3, -0.25) is 0 Å². The summed E-state index contributed by atoms with van der Waals surface area (Å²) in [5.41, 5.74) is 3.31. The average Bonchev–Trinajstić information content (AvgIpc) is 3.28. The second-order valence-electron chi connectivity index (χ2n) is 6.06. The van der Waals surface area contributed by atoms with E-state index in [0.29, 0.717) is 5.57 Å². The van der Waals surface area contributed by atoms with Crippen LogP contribution in [0.5, 0.6) is 5.75 Å². The van der Waals surface area contributed by atoms with Crippen molar-refractivity contribution in [2.24, 2.45) is 0 Å². The minimum Gasteiger partial charge on any atom is -0.497 e. The van der Waals surface area contributed by atoms with Crippen LogP contribution in [0.25, 0.3) is 27.5 Å². The number of hydrogen-bond acceptors (Lipinski definition) is 6. The first kappa shape index (κ1) is 17.2. The number of ether oxygens (including phenoxy) is 1. The number of H-pyrrole nitrogens is 1. The molecule has 4 rings (SSSR count). The van der Waals surface area contributed by atoms with E-state index in [0.717, 1.165) is 33.3 Å². The number of fused-ring (bicyclic) bond motifs is 1. The van der Waals surface area contributed by atoms with Crippen molar-refractivity contribution in [1.82, 2.24) is 20.6 Å².